The van der Waals surface area contributed by atoms with Crippen LogP contribution >= 0.6 is 12.4 Å². The Morgan fingerprint density at radius 2 is 2.38 bits per heavy atom. The van der Waals surface area contributed by atoms with Gasteiger partial charge in [0.25, 0.3) is 0 Å². The summed E-state index contributed by atoms with van der Waals surface area (Å²) in [5, 5.41) is 0. The summed E-state index contributed by atoms with van der Waals surface area (Å²) in [4.78, 5) is 13.1. The number of rotatable bonds is 1. The zero-order chi connectivity index (χ0) is 8.55. The lowest BCUT2D eigenvalue weighted by molar-refractivity contribution is -0.121. The van der Waals surface area contributed by atoms with Gasteiger partial charge in [0, 0.05) is 12.2 Å². The van der Waals surface area contributed by atoms with Gasteiger partial charge in [0.05, 0.1) is 0 Å². The summed E-state index contributed by atoms with van der Waals surface area (Å²) in [7, 11) is 0. The first-order valence-corrected chi connectivity index (χ1v) is 4.20. The van der Waals surface area contributed by atoms with Crippen molar-refractivity contribution in [3.63, 3.8) is 0 Å². The standard InChI is InChI=1S/C9H12N2O.ClH/c10-9(12)8-5-4-7-3-1-2-6-11(7)8;/h1-3,8H,4-6H2,(H2,10,12);1H. The second-order valence-corrected chi connectivity index (χ2v) is 3.20. The van der Waals surface area contributed by atoms with E-state index < -0.39 is 0 Å². The average Bonchev–Trinajstić information content (AvgIpc) is 2.47. The first-order valence-electron chi connectivity index (χ1n) is 4.20. The summed E-state index contributed by atoms with van der Waals surface area (Å²) in [6.07, 6.45) is 8.01. The molecule has 0 saturated carbocycles. The van der Waals surface area contributed by atoms with E-state index in [0.717, 1.165) is 19.4 Å². The minimum Gasteiger partial charge on any atom is -0.368 e. The fourth-order valence-corrected chi connectivity index (χ4v) is 1.86. The second kappa shape index (κ2) is 3.83. The van der Waals surface area contributed by atoms with Crippen LogP contribution in [-0.2, 0) is 4.79 Å². The molecule has 1 amide bonds. The fraction of sp³-hybridized carbons (Fsp3) is 0.444. The number of hydrogen-bond donors (Lipinski definition) is 1. The molecule has 2 aliphatic rings. The lowest BCUT2D eigenvalue weighted by atomic mass is 10.2. The summed E-state index contributed by atoms with van der Waals surface area (Å²) < 4.78 is 0. The Bertz CT molecular complexity index is 273. The SMILES string of the molecule is Cl.NC(=O)C1CCC2=CC=CCN21. The molecule has 4 heteroatoms. The molecule has 0 aromatic carbocycles. The number of allylic oxidation sites excluding steroid dienone is 3. The van der Waals surface area contributed by atoms with Crippen molar-refractivity contribution >= 4 is 18.3 Å². The van der Waals surface area contributed by atoms with E-state index in [2.05, 4.69) is 11.0 Å². The summed E-state index contributed by atoms with van der Waals surface area (Å²) in [5.41, 5.74) is 6.52. The molecule has 2 rings (SSSR count). The van der Waals surface area contributed by atoms with E-state index in [1.165, 1.54) is 5.70 Å². The predicted molar refractivity (Wildman–Crippen MR) is 53.4 cm³/mol. The van der Waals surface area contributed by atoms with Gasteiger partial charge in [-0.15, -0.1) is 12.4 Å². The van der Waals surface area contributed by atoms with Gasteiger partial charge in [0.15, 0.2) is 0 Å². The average molecular weight is 201 g/mol. The number of nitrogens with two attached hydrogens (primary N) is 1. The van der Waals surface area contributed by atoms with E-state index in [9.17, 15) is 4.79 Å². The molecule has 2 aliphatic heterocycles. The molecule has 2 heterocycles. The zero-order valence-corrected chi connectivity index (χ0v) is 8.09. The largest absolute Gasteiger partial charge is 0.368 e. The number of hydrogen-bond acceptors (Lipinski definition) is 2. The highest BCUT2D eigenvalue weighted by atomic mass is 35.5. The third-order valence-electron chi connectivity index (χ3n) is 2.47. The highest BCUT2D eigenvalue weighted by molar-refractivity contribution is 5.85. The van der Waals surface area contributed by atoms with Gasteiger partial charge >= 0.3 is 0 Å². The number of carbonyl (C=O) groups excluding carboxylic acids is 1. The Morgan fingerprint density at radius 3 is 3.08 bits per heavy atom. The molecule has 0 aromatic rings. The van der Waals surface area contributed by atoms with Gasteiger partial charge in [-0.3, -0.25) is 4.79 Å². The molecule has 13 heavy (non-hydrogen) atoms. The molecule has 1 unspecified atom stereocenters. The van der Waals surface area contributed by atoms with Crippen molar-refractivity contribution in [2.45, 2.75) is 18.9 Å². The van der Waals surface area contributed by atoms with Gasteiger partial charge in [-0.25, -0.2) is 0 Å². The molecule has 3 nitrogen and oxygen atoms in total. The predicted octanol–water partition coefficient (Wildman–Crippen LogP) is 0.812. The number of halogens is 1. The van der Waals surface area contributed by atoms with Crippen LogP contribution in [-0.4, -0.2) is 23.4 Å². The third-order valence-corrected chi connectivity index (χ3v) is 2.47. The van der Waals surface area contributed by atoms with E-state index in [-0.39, 0.29) is 24.4 Å². The van der Waals surface area contributed by atoms with Crippen LogP contribution in [0.2, 0.25) is 0 Å². The molecule has 0 spiro atoms. The van der Waals surface area contributed by atoms with Crippen LogP contribution in [0.1, 0.15) is 12.8 Å². The maximum Gasteiger partial charge on any atom is 0.240 e. The maximum absolute atomic E-state index is 11.0. The molecule has 0 bridgehead atoms. The Kier molecular flexibility index (Phi) is 2.98. The lowest BCUT2D eigenvalue weighted by Gasteiger charge is -2.25. The van der Waals surface area contributed by atoms with Gasteiger partial charge in [-0.05, 0) is 18.9 Å². The molecule has 1 saturated heterocycles. The summed E-state index contributed by atoms with van der Waals surface area (Å²) in [6.45, 7) is 0.833. The lowest BCUT2D eigenvalue weighted by Crippen LogP contribution is -2.40. The van der Waals surface area contributed by atoms with E-state index in [4.69, 9.17) is 5.73 Å². The van der Waals surface area contributed by atoms with E-state index >= 15 is 0 Å². The maximum atomic E-state index is 11.0. The molecule has 0 aliphatic carbocycles. The monoisotopic (exact) mass is 200 g/mol. The normalized spacial score (nSPS) is 24.8. The number of carbonyl (C=O) groups is 1. The number of amides is 1. The topological polar surface area (TPSA) is 46.3 Å². The van der Waals surface area contributed by atoms with Crippen molar-refractivity contribution in [2.24, 2.45) is 5.73 Å². The van der Waals surface area contributed by atoms with Gasteiger partial charge < -0.3 is 10.6 Å². The van der Waals surface area contributed by atoms with Crippen LogP contribution in [0.25, 0.3) is 0 Å². The van der Waals surface area contributed by atoms with Crippen LogP contribution in [0.3, 0.4) is 0 Å². The van der Waals surface area contributed by atoms with Crippen LogP contribution < -0.4 is 5.73 Å². The first-order chi connectivity index (χ1) is 5.79. The number of primary amides is 1. The summed E-state index contributed by atoms with van der Waals surface area (Å²) >= 11 is 0. The van der Waals surface area contributed by atoms with Crippen molar-refractivity contribution < 1.29 is 4.79 Å². The van der Waals surface area contributed by atoms with E-state index in [0.29, 0.717) is 0 Å². The molecule has 2 N–H and O–H groups in total. The Morgan fingerprint density at radius 1 is 1.62 bits per heavy atom. The van der Waals surface area contributed by atoms with Gasteiger partial charge in [-0.1, -0.05) is 12.2 Å². The smallest absolute Gasteiger partial charge is 0.240 e. The quantitative estimate of drug-likeness (QED) is 0.681. The summed E-state index contributed by atoms with van der Waals surface area (Å²) in [5.74, 6) is -0.200. The minimum absolute atomic E-state index is 0. The van der Waals surface area contributed by atoms with Crippen LogP contribution in [0.5, 0.6) is 0 Å². The highest BCUT2D eigenvalue weighted by Crippen LogP contribution is 2.28. The second-order valence-electron chi connectivity index (χ2n) is 3.20. The first kappa shape index (κ1) is 10.1. The molecule has 1 fully saturated rings. The third kappa shape index (κ3) is 1.70. The van der Waals surface area contributed by atoms with E-state index in [1.807, 2.05) is 12.2 Å². The minimum atomic E-state index is -0.200. The van der Waals surface area contributed by atoms with E-state index in [1.54, 1.807) is 0 Å². The molecule has 0 aromatic heterocycles. The van der Waals surface area contributed by atoms with Crippen molar-refractivity contribution in [3.05, 3.63) is 23.9 Å². The Labute approximate surface area is 83.7 Å². The molecule has 72 valence electrons. The fourth-order valence-electron chi connectivity index (χ4n) is 1.86. The molecular weight excluding hydrogens is 188 g/mol. The van der Waals surface area contributed by atoms with Crippen LogP contribution in [0.15, 0.2) is 23.9 Å². The molecular formula is C9H13ClN2O. The van der Waals surface area contributed by atoms with Crippen LogP contribution in [0.4, 0.5) is 0 Å². The Balaban J connectivity index is 0.000000845. The Hall–Kier alpha value is -0.960. The highest BCUT2D eigenvalue weighted by Gasteiger charge is 2.31. The van der Waals surface area contributed by atoms with Gasteiger partial charge in [0.2, 0.25) is 5.91 Å². The number of fused-ring (bicyclic) bond motifs is 1. The molecule has 0 radical (unpaired) electrons. The zero-order valence-electron chi connectivity index (χ0n) is 7.27. The van der Waals surface area contributed by atoms with Gasteiger partial charge in [0.1, 0.15) is 6.04 Å². The summed E-state index contributed by atoms with van der Waals surface area (Å²) in [6, 6.07) is -0.0683. The van der Waals surface area contributed by atoms with Crippen LogP contribution in [0, 0.1) is 0 Å². The van der Waals surface area contributed by atoms with Crippen molar-refractivity contribution in [3.8, 4) is 0 Å². The molecule has 1 atom stereocenters. The van der Waals surface area contributed by atoms with Gasteiger partial charge in [-0.2, -0.15) is 0 Å². The van der Waals surface area contributed by atoms with Crippen molar-refractivity contribution in [2.75, 3.05) is 6.54 Å². The number of nitrogens with zero attached hydrogens (tertiary/aromatic N) is 1. The van der Waals surface area contributed by atoms with Crippen molar-refractivity contribution in [1.82, 2.24) is 4.90 Å². The van der Waals surface area contributed by atoms with Crippen molar-refractivity contribution in [1.29, 1.82) is 0 Å².